The zero-order valence-electron chi connectivity index (χ0n) is 19.5. The third kappa shape index (κ3) is 5.22. The Balaban J connectivity index is 1.62. The molecule has 0 spiro atoms. The SMILES string of the molecule is N#C/C(C(=O)NCc1ccco1)=c1/s/c(=C\c2ccc(-c3ccc(Cl)cc3Cl)o2)c(=O)n1-c1ccccc1. The number of carbonyl (C=O) groups excluding carboxylic acids is 1. The third-order valence-corrected chi connectivity index (χ3v) is 7.13. The number of para-hydroxylation sites is 1. The highest BCUT2D eigenvalue weighted by Gasteiger charge is 2.17. The Morgan fingerprint density at radius 1 is 1.08 bits per heavy atom. The van der Waals surface area contributed by atoms with Crippen LogP contribution in [0.1, 0.15) is 11.5 Å². The van der Waals surface area contributed by atoms with Crippen LogP contribution >= 0.6 is 34.5 Å². The summed E-state index contributed by atoms with van der Waals surface area (Å²) < 4.78 is 13.0. The van der Waals surface area contributed by atoms with E-state index >= 15 is 0 Å². The number of nitrogens with zero attached hydrogens (tertiary/aromatic N) is 2. The highest BCUT2D eigenvalue weighted by molar-refractivity contribution is 7.07. The Labute approximate surface area is 230 Å². The average Bonchev–Trinajstić information content (AvgIpc) is 3.66. The second kappa shape index (κ2) is 11.0. The van der Waals surface area contributed by atoms with Crippen LogP contribution in [0.5, 0.6) is 0 Å². The Kier molecular flexibility index (Phi) is 7.33. The summed E-state index contributed by atoms with van der Waals surface area (Å²) >= 11 is 13.3. The summed E-state index contributed by atoms with van der Waals surface area (Å²) in [7, 11) is 0. The van der Waals surface area contributed by atoms with E-state index in [0.717, 1.165) is 11.3 Å². The minimum atomic E-state index is -0.626. The number of nitrogens with one attached hydrogen (secondary N) is 1. The monoisotopic (exact) mass is 561 g/mol. The molecule has 188 valence electrons. The molecule has 1 N–H and O–H groups in total. The van der Waals surface area contributed by atoms with Gasteiger partial charge in [0.25, 0.3) is 11.5 Å². The van der Waals surface area contributed by atoms with E-state index in [1.807, 2.05) is 12.1 Å². The molecule has 0 fully saturated rings. The van der Waals surface area contributed by atoms with Gasteiger partial charge in [-0.1, -0.05) is 41.4 Å². The van der Waals surface area contributed by atoms with Crippen molar-refractivity contribution in [2.75, 3.05) is 0 Å². The van der Waals surface area contributed by atoms with Gasteiger partial charge in [-0.05, 0) is 54.6 Å². The predicted molar refractivity (Wildman–Crippen MR) is 146 cm³/mol. The van der Waals surface area contributed by atoms with Gasteiger partial charge in [-0.25, -0.2) is 0 Å². The molecule has 3 aromatic heterocycles. The van der Waals surface area contributed by atoms with Crippen LogP contribution in [0.25, 0.3) is 28.7 Å². The van der Waals surface area contributed by atoms with Crippen molar-refractivity contribution in [1.82, 2.24) is 9.88 Å². The minimum Gasteiger partial charge on any atom is -0.467 e. The highest BCUT2D eigenvalue weighted by atomic mass is 35.5. The third-order valence-electron chi connectivity index (χ3n) is 5.49. The van der Waals surface area contributed by atoms with Gasteiger partial charge in [0.1, 0.15) is 28.0 Å². The maximum absolute atomic E-state index is 13.5. The molecule has 38 heavy (non-hydrogen) atoms. The summed E-state index contributed by atoms with van der Waals surface area (Å²) in [5, 5.41) is 13.5. The molecule has 0 radical (unpaired) electrons. The molecule has 2 aromatic carbocycles. The summed E-state index contributed by atoms with van der Waals surface area (Å²) in [4.78, 5) is 26.5. The number of carbonyl (C=O) groups is 1. The van der Waals surface area contributed by atoms with Gasteiger partial charge in [0.2, 0.25) is 0 Å². The smallest absolute Gasteiger partial charge is 0.273 e. The fraction of sp³-hybridized carbons (Fsp3) is 0.0357. The number of halogens is 2. The number of rotatable bonds is 6. The Hall–Kier alpha value is -4.29. The van der Waals surface area contributed by atoms with Crippen molar-refractivity contribution >= 4 is 52.1 Å². The van der Waals surface area contributed by atoms with E-state index in [4.69, 9.17) is 32.0 Å². The van der Waals surface area contributed by atoms with Gasteiger partial charge in [0, 0.05) is 16.7 Å². The summed E-state index contributed by atoms with van der Waals surface area (Å²) in [6, 6.07) is 22.7. The molecule has 0 unspecified atom stereocenters. The topological polar surface area (TPSA) is 101 Å². The maximum atomic E-state index is 13.5. The summed E-state index contributed by atoms with van der Waals surface area (Å²) in [6.07, 6.45) is 3.06. The second-order valence-corrected chi connectivity index (χ2v) is 9.84. The molecule has 7 nitrogen and oxygen atoms in total. The quantitative estimate of drug-likeness (QED) is 0.318. The first kappa shape index (κ1) is 25.4. The van der Waals surface area contributed by atoms with Crippen LogP contribution in [0.4, 0.5) is 0 Å². The van der Waals surface area contributed by atoms with Crippen molar-refractivity contribution < 1.29 is 13.6 Å². The largest absolute Gasteiger partial charge is 0.467 e. The van der Waals surface area contributed by atoms with Gasteiger partial charge in [-0.2, -0.15) is 5.26 Å². The molecule has 5 rings (SSSR count). The highest BCUT2D eigenvalue weighted by Crippen LogP contribution is 2.31. The fourth-order valence-electron chi connectivity index (χ4n) is 3.72. The number of hydrogen-bond donors (Lipinski definition) is 1. The molecule has 0 aliphatic heterocycles. The zero-order valence-corrected chi connectivity index (χ0v) is 21.8. The molecule has 0 saturated heterocycles. The van der Waals surface area contributed by atoms with Crippen molar-refractivity contribution in [3.8, 4) is 23.1 Å². The van der Waals surface area contributed by atoms with Crippen LogP contribution in [-0.4, -0.2) is 10.5 Å². The van der Waals surface area contributed by atoms with Crippen molar-refractivity contribution in [3.63, 3.8) is 0 Å². The number of thiazole rings is 1. The van der Waals surface area contributed by atoms with Crippen LogP contribution in [0, 0.1) is 11.3 Å². The van der Waals surface area contributed by atoms with Crippen LogP contribution in [-0.2, 0) is 11.3 Å². The molecule has 3 heterocycles. The van der Waals surface area contributed by atoms with E-state index in [-0.39, 0.29) is 21.3 Å². The number of hydrogen-bond acceptors (Lipinski definition) is 6. The van der Waals surface area contributed by atoms with Gasteiger partial charge in [-0.3, -0.25) is 14.2 Å². The molecule has 5 aromatic rings. The lowest BCUT2D eigenvalue weighted by Gasteiger charge is -2.04. The van der Waals surface area contributed by atoms with Crippen molar-refractivity contribution in [2.45, 2.75) is 6.54 Å². The normalized spacial score (nSPS) is 12.3. The van der Waals surface area contributed by atoms with Gasteiger partial charge in [0.15, 0.2) is 5.57 Å². The Bertz CT molecular complexity index is 1850. The molecular formula is C28H17Cl2N3O4S. The summed E-state index contributed by atoms with van der Waals surface area (Å²) in [5.41, 5.74) is 0.571. The Morgan fingerprint density at radius 3 is 2.61 bits per heavy atom. The first-order chi connectivity index (χ1) is 18.4. The molecular weight excluding hydrogens is 545 g/mol. The van der Waals surface area contributed by atoms with Crippen LogP contribution < -0.4 is 20.1 Å². The second-order valence-electron chi connectivity index (χ2n) is 7.97. The van der Waals surface area contributed by atoms with Gasteiger partial charge < -0.3 is 14.2 Å². The Morgan fingerprint density at radius 2 is 1.89 bits per heavy atom. The first-order valence-corrected chi connectivity index (χ1v) is 12.8. The van der Waals surface area contributed by atoms with Crippen molar-refractivity contribution in [3.05, 3.63) is 120 Å². The van der Waals surface area contributed by atoms with Crippen LogP contribution in [0.3, 0.4) is 0 Å². The predicted octanol–water partition coefficient (Wildman–Crippen LogP) is 4.88. The molecule has 0 atom stereocenters. The van der Waals surface area contributed by atoms with Gasteiger partial charge >= 0.3 is 0 Å². The van der Waals surface area contributed by atoms with Crippen molar-refractivity contribution in [2.24, 2.45) is 0 Å². The summed E-state index contributed by atoms with van der Waals surface area (Å²) in [6.45, 7) is 0.0966. The number of nitriles is 1. The number of aromatic nitrogens is 1. The lowest BCUT2D eigenvalue weighted by Crippen LogP contribution is -2.33. The first-order valence-electron chi connectivity index (χ1n) is 11.2. The van der Waals surface area contributed by atoms with Gasteiger partial charge in [-0.15, -0.1) is 11.3 Å². The number of benzene rings is 2. The lowest BCUT2D eigenvalue weighted by molar-refractivity contribution is -0.115. The van der Waals surface area contributed by atoms with Crippen molar-refractivity contribution in [1.29, 1.82) is 5.26 Å². The van der Waals surface area contributed by atoms with E-state index < -0.39 is 11.5 Å². The molecule has 0 bridgehead atoms. The minimum absolute atomic E-state index is 0.0966. The average molecular weight is 562 g/mol. The van der Waals surface area contributed by atoms with Crippen LogP contribution in [0.2, 0.25) is 10.0 Å². The fourth-order valence-corrected chi connectivity index (χ4v) is 5.30. The van der Waals surface area contributed by atoms with E-state index in [0.29, 0.717) is 38.6 Å². The zero-order chi connectivity index (χ0) is 26.6. The van der Waals surface area contributed by atoms with E-state index in [1.54, 1.807) is 72.8 Å². The van der Waals surface area contributed by atoms with E-state index in [9.17, 15) is 14.9 Å². The number of amides is 1. The summed E-state index contributed by atoms with van der Waals surface area (Å²) in [5.74, 6) is 0.807. The molecule has 0 aliphatic carbocycles. The standard InChI is InChI=1S/C28H17Cl2N3O4S/c29-17-8-10-21(23(30)13-17)24-11-9-19(37-24)14-25-27(35)33(18-5-2-1-3-6-18)28(38-25)22(15-31)26(34)32-16-20-7-4-12-36-20/h1-14H,16H2,(H,32,34)/b25-14-,28-22-. The lowest BCUT2D eigenvalue weighted by atomic mass is 10.2. The molecule has 0 saturated carbocycles. The molecule has 10 heteroatoms. The van der Waals surface area contributed by atoms with Crippen LogP contribution in [0.15, 0.2) is 92.7 Å². The van der Waals surface area contributed by atoms with E-state index in [1.165, 1.54) is 10.8 Å². The van der Waals surface area contributed by atoms with E-state index in [2.05, 4.69) is 5.32 Å². The molecule has 1 amide bonds. The molecule has 0 aliphatic rings. The number of furan rings is 2. The maximum Gasteiger partial charge on any atom is 0.273 e. The van der Waals surface area contributed by atoms with Gasteiger partial charge in [0.05, 0.1) is 28.1 Å².